The molecule has 0 heterocycles. The average Bonchev–Trinajstić information content (AvgIpc) is 2.01. The lowest BCUT2D eigenvalue weighted by Gasteiger charge is -2.05. The van der Waals surface area contributed by atoms with Gasteiger partial charge >= 0.3 is 0 Å². The molecule has 2 nitrogen and oxygen atoms in total. The van der Waals surface area contributed by atoms with E-state index in [2.05, 4.69) is 15.9 Å². The monoisotopic (exact) mass is 276 g/mol. The summed E-state index contributed by atoms with van der Waals surface area (Å²) in [5.41, 5.74) is 1.04. The van der Waals surface area contributed by atoms with Gasteiger partial charge in [-0.05, 0) is 24.1 Å². The maximum Gasteiger partial charge on any atom is 0.175 e. The fraction of sp³-hybridized carbons (Fsp3) is 0.400. The van der Waals surface area contributed by atoms with Crippen LogP contribution in [-0.4, -0.2) is 19.5 Å². The highest BCUT2D eigenvalue weighted by Gasteiger charge is 2.07. The number of benzene rings is 1. The van der Waals surface area contributed by atoms with Gasteiger partial charge in [0.2, 0.25) is 0 Å². The Bertz CT molecular complexity index is 410. The van der Waals surface area contributed by atoms with Crippen LogP contribution >= 0.6 is 15.9 Å². The Labute approximate surface area is 93.4 Å². The highest BCUT2D eigenvalue weighted by Crippen LogP contribution is 2.14. The van der Waals surface area contributed by atoms with Crippen molar-refractivity contribution in [3.8, 4) is 0 Å². The van der Waals surface area contributed by atoms with Gasteiger partial charge in [-0.15, -0.1) is 0 Å². The van der Waals surface area contributed by atoms with E-state index in [4.69, 9.17) is 0 Å². The van der Waals surface area contributed by atoms with Crippen molar-refractivity contribution in [3.05, 3.63) is 29.8 Å². The molecule has 0 saturated carbocycles. The maximum atomic E-state index is 11.3. The van der Waals surface area contributed by atoms with E-state index in [9.17, 15) is 8.42 Å². The molecule has 0 aliphatic rings. The van der Waals surface area contributed by atoms with E-state index in [0.717, 1.165) is 12.0 Å². The number of hydrogen-bond acceptors (Lipinski definition) is 2. The molecule has 1 aromatic rings. The molecule has 0 amide bonds. The van der Waals surface area contributed by atoms with Crippen molar-refractivity contribution in [2.24, 2.45) is 0 Å². The molecule has 0 aliphatic heterocycles. The van der Waals surface area contributed by atoms with Gasteiger partial charge in [0, 0.05) is 11.1 Å². The van der Waals surface area contributed by atoms with Gasteiger partial charge in [-0.3, -0.25) is 0 Å². The predicted molar refractivity (Wildman–Crippen MR) is 61.6 cm³/mol. The summed E-state index contributed by atoms with van der Waals surface area (Å²) in [5.74, 6) is 0. The molecule has 0 bridgehead atoms. The molecule has 1 rings (SSSR count). The summed E-state index contributed by atoms with van der Waals surface area (Å²) in [6.07, 6.45) is 2.06. The van der Waals surface area contributed by atoms with Crippen molar-refractivity contribution in [2.45, 2.75) is 23.1 Å². The van der Waals surface area contributed by atoms with Gasteiger partial charge in [0.15, 0.2) is 9.84 Å². The SMILES string of the molecule is CC(Br)Cc1cccc(S(C)(=O)=O)c1. The lowest BCUT2D eigenvalue weighted by atomic mass is 10.1. The van der Waals surface area contributed by atoms with Crippen LogP contribution in [-0.2, 0) is 16.3 Å². The summed E-state index contributed by atoms with van der Waals surface area (Å²) in [6.45, 7) is 2.03. The van der Waals surface area contributed by atoms with Gasteiger partial charge in [0.25, 0.3) is 0 Å². The lowest BCUT2D eigenvalue weighted by molar-refractivity contribution is 0.601. The normalized spacial score (nSPS) is 13.9. The molecule has 0 aliphatic carbocycles. The lowest BCUT2D eigenvalue weighted by Crippen LogP contribution is -2.00. The predicted octanol–water partition coefficient (Wildman–Crippen LogP) is 2.42. The number of hydrogen-bond donors (Lipinski definition) is 0. The van der Waals surface area contributed by atoms with Crippen molar-refractivity contribution >= 4 is 25.8 Å². The molecule has 1 atom stereocenters. The van der Waals surface area contributed by atoms with Crippen molar-refractivity contribution in [2.75, 3.05) is 6.26 Å². The maximum absolute atomic E-state index is 11.3. The molecular weight excluding hydrogens is 264 g/mol. The minimum absolute atomic E-state index is 0.359. The van der Waals surface area contributed by atoms with Crippen LogP contribution < -0.4 is 0 Å². The summed E-state index contributed by atoms with van der Waals surface area (Å²) < 4.78 is 22.5. The van der Waals surface area contributed by atoms with Crippen LogP contribution in [0.5, 0.6) is 0 Å². The van der Waals surface area contributed by atoms with Crippen molar-refractivity contribution in [3.63, 3.8) is 0 Å². The summed E-state index contributed by atoms with van der Waals surface area (Å²) in [5, 5.41) is 0. The first-order chi connectivity index (χ1) is 6.39. The van der Waals surface area contributed by atoms with Crippen molar-refractivity contribution in [1.82, 2.24) is 0 Å². The van der Waals surface area contributed by atoms with E-state index in [1.54, 1.807) is 18.2 Å². The minimum atomic E-state index is -3.08. The largest absolute Gasteiger partial charge is 0.224 e. The minimum Gasteiger partial charge on any atom is -0.224 e. The molecule has 14 heavy (non-hydrogen) atoms. The summed E-state index contributed by atoms with van der Waals surface area (Å²) in [7, 11) is -3.08. The molecule has 0 fully saturated rings. The van der Waals surface area contributed by atoms with Gasteiger partial charge in [0.1, 0.15) is 0 Å². The smallest absolute Gasteiger partial charge is 0.175 e. The Hall–Kier alpha value is -0.350. The topological polar surface area (TPSA) is 34.1 Å². The Morgan fingerprint density at radius 2 is 2.07 bits per heavy atom. The van der Waals surface area contributed by atoms with Crippen LogP contribution in [0.2, 0.25) is 0 Å². The second-order valence-electron chi connectivity index (χ2n) is 3.40. The standard InChI is InChI=1S/C10H13BrO2S/c1-8(11)6-9-4-3-5-10(7-9)14(2,12)13/h3-5,7-8H,6H2,1-2H3. The Kier molecular flexibility index (Phi) is 3.72. The second kappa shape index (κ2) is 4.45. The molecule has 4 heteroatoms. The summed E-state index contributed by atoms with van der Waals surface area (Å²) in [6, 6.07) is 7.07. The van der Waals surface area contributed by atoms with E-state index in [0.29, 0.717) is 9.72 Å². The third-order valence-electron chi connectivity index (χ3n) is 1.84. The van der Waals surface area contributed by atoms with Gasteiger partial charge in [-0.25, -0.2) is 8.42 Å². The van der Waals surface area contributed by atoms with Gasteiger partial charge in [-0.2, -0.15) is 0 Å². The molecule has 0 radical (unpaired) electrons. The number of halogens is 1. The fourth-order valence-corrected chi connectivity index (χ4v) is 2.29. The zero-order chi connectivity index (χ0) is 10.8. The average molecular weight is 277 g/mol. The van der Waals surface area contributed by atoms with Crippen LogP contribution in [0.15, 0.2) is 29.2 Å². The van der Waals surface area contributed by atoms with Gasteiger partial charge < -0.3 is 0 Å². The van der Waals surface area contributed by atoms with Crippen LogP contribution in [0, 0.1) is 0 Å². The van der Waals surface area contributed by atoms with E-state index in [1.807, 2.05) is 13.0 Å². The molecule has 1 aromatic carbocycles. The van der Waals surface area contributed by atoms with Crippen molar-refractivity contribution < 1.29 is 8.42 Å². The molecule has 0 saturated heterocycles. The van der Waals surface area contributed by atoms with E-state index in [1.165, 1.54) is 6.26 Å². The van der Waals surface area contributed by atoms with Crippen LogP contribution in [0.25, 0.3) is 0 Å². The quantitative estimate of drug-likeness (QED) is 0.795. The molecule has 0 aromatic heterocycles. The Morgan fingerprint density at radius 1 is 1.43 bits per heavy atom. The van der Waals surface area contributed by atoms with Crippen molar-refractivity contribution in [1.29, 1.82) is 0 Å². The van der Waals surface area contributed by atoms with Gasteiger partial charge in [0.05, 0.1) is 4.90 Å². The molecule has 1 unspecified atom stereocenters. The van der Waals surface area contributed by atoms with Crippen LogP contribution in [0.3, 0.4) is 0 Å². The zero-order valence-corrected chi connectivity index (χ0v) is 10.6. The number of alkyl halides is 1. The third kappa shape index (κ3) is 3.42. The van der Waals surface area contributed by atoms with Crippen LogP contribution in [0.1, 0.15) is 12.5 Å². The molecule has 0 spiro atoms. The Balaban J connectivity index is 3.02. The third-order valence-corrected chi connectivity index (χ3v) is 3.28. The molecule has 0 N–H and O–H groups in total. The van der Waals surface area contributed by atoms with Gasteiger partial charge in [-0.1, -0.05) is 35.0 Å². The van der Waals surface area contributed by atoms with E-state index >= 15 is 0 Å². The molecule has 78 valence electrons. The Morgan fingerprint density at radius 3 is 2.57 bits per heavy atom. The first kappa shape index (κ1) is 11.7. The second-order valence-corrected chi connectivity index (χ2v) is 6.98. The highest BCUT2D eigenvalue weighted by molar-refractivity contribution is 9.09. The van der Waals surface area contributed by atoms with E-state index < -0.39 is 9.84 Å². The summed E-state index contributed by atoms with van der Waals surface area (Å²) in [4.78, 5) is 0.750. The van der Waals surface area contributed by atoms with E-state index in [-0.39, 0.29) is 0 Å². The first-order valence-electron chi connectivity index (χ1n) is 4.32. The fourth-order valence-electron chi connectivity index (χ4n) is 1.23. The number of sulfone groups is 1. The highest BCUT2D eigenvalue weighted by atomic mass is 79.9. The van der Waals surface area contributed by atoms with Crippen LogP contribution in [0.4, 0.5) is 0 Å². The molecular formula is C10H13BrO2S. The zero-order valence-electron chi connectivity index (χ0n) is 8.20. The first-order valence-corrected chi connectivity index (χ1v) is 7.13. The number of rotatable bonds is 3. The summed E-state index contributed by atoms with van der Waals surface area (Å²) >= 11 is 3.44.